The summed E-state index contributed by atoms with van der Waals surface area (Å²) in [4.78, 5) is 26.3. The molecule has 2 aromatic heterocycles. The minimum Gasteiger partial charge on any atom is -0.400 e. The van der Waals surface area contributed by atoms with Crippen molar-refractivity contribution in [3.05, 3.63) is 46.4 Å². The molecule has 0 atom stereocenters. The van der Waals surface area contributed by atoms with Crippen molar-refractivity contribution in [2.45, 2.75) is 64.7 Å². The van der Waals surface area contributed by atoms with Crippen LogP contribution in [0.3, 0.4) is 0 Å². The Balaban J connectivity index is 0.000000272. The van der Waals surface area contributed by atoms with Crippen molar-refractivity contribution in [1.29, 1.82) is 0 Å². The second kappa shape index (κ2) is 15.9. The molecule has 1 aliphatic heterocycles. The number of aliphatic imine (C=N–C) groups is 2. The van der Waals surface area contributed by atoms with Crippen molar-refractivity contribution in [2.75, 3.05) is 32.5 Å². The number of alkyl halides is 2. The van der Waals surface area contributed by atoms with Crippen LogP contribution in [0.4, 0.5) is 8.78 Å². The number of aliphatic hydroxyl groups is 1. The number of amides is 1. The molecule has 1 saturated carbocycles. The van der Waals surface area contributed by atoms with Gasteiger partial charge < -0.3 is 9.51 Å². The number of imidazole rings is 1. The number of aromatic nitrogens is 2. The highest BCUT2D eigenvalue weighted by atomic mass is 32.2. The second-order valence-electron chi connectivity index (χ2n) is 9.73. The van der Waals surface area contributed by atoms with Crippen molar-refractivity contribution in [1.82, 2.24) is 14.3 Å². The molecule has 10 heteroatoms. The molecule has 0 radical (unpaired) electrons. The molecule has 0 spiro atoms. The minimum absolute atomic E-state index is 0.163. The van der Waals surface area contributed by atoms with Crippen molar-refractivity contribution in [3.8, 4) is 0 Å². The summed E-state index contributed by atoms with van der Waals surface area (Å²) >= 11 is 1.25. The van der Waals surface area contributed by atoms with Gasteiger partial charge in [0.05, 0.1) is 17.1 Å². The summed E-state index contributed by atoms with van der Waals surface area (Å²) in [7, 11) is 1.00. The van der Waals surface area contributed by atoms with Gasteiger partial charge in [0, 0.05) is 50.0 Å². The molecule has 1 fully saturated rings. The van der Waals surface area contributed by atoms with E-state index in [0.29, 0.717) is 5.56 Å². The number of hydrogen-bond acceptors (Lipinski definition) is 6. The molecule has 38 heavy (non-hydrogen) atoms. The van der Waals surface area contributed by atoms with Gasteiger partial charge in [0.1, 0.15) is 5.65 Å². The Bertz CT molecular complexity index is 1090. The van der Waals surface area contributed by atoms with E-state index in [4.69, 9.17) is 5.11 Å². The van der Waals surface area contributed by atoms with E-state index < -0.39 is 5.92 Å². The first-order valence-electron chi connectivity index (χ1n) is 13.0. The Labute approximate surface area is 229 Å². The van der Waals surface area contributed by atoms with E-state index in [0.717, 1.165) is 67.9 Å². The SMILES string of the molecule is C=NC(=O)c1ccn2cc(C)nc2c1.C=NC1=C(SCC(C)(F)F)CCN(CCC2CCCCC2)C1.CO. The fraction of sp³-hybridized carbons (Fsp3) is 0.571. The average Bonchev–Trinajstić information content (AvgIpc) is 3.31. The zero-order chi connectivity index (χ0) is 28.1. The molecular weight excluding hydrogens is 508 g/mol. The largest absolute Gasteiger partial charge is 0.400 e. The summed E-state index contributed by atoms with van der Waals surface area (Å²) in [6.45, 7) is 12.5. The highest BCUT2D eigenvalue weighted by Crippen LogP contribution is 2.33. The zero-order valence-electron chi connectivity index (χ0n) is 22.8. The molecule has 2 aromatic rings. The van der Waals surface area contributed by atoms with Crippen LogP contribution >= 0.6 is 11.8 Å². The smallest absolute Gasteiger partial charge is 0.276 e. The van der Waals surface area contributed by atoms with Gasteiger partial charge in [-0.15, -0.1) is 11.8 Å². The summed E-state index contributed by atoms with van der Waals surface area (Å²) in [5.74, 6) is -2.23. The van der Waals surface area contributed by atoms with E-state index in [1.165, 1.54) is 50.3 Å². The molecule has 210 valence electrons. The summed E-state index contributed by atoms with van der Waals surface area (Å²) in [6, 6.07) is 3.40. The van der Waals surface area contributed by atoms with Crippen LogP contribution in [0.1, 0.15) is 67.9 Å². The number of hydrogen-bond donors (Lipinski definition) is 1. The molecule has 0 aromatic carbocycles. The van der Waals surface area contributed by atoms with Gasteiger partial charge in [0.2, 0.25) is 0 Å². The van der Waals surface area contributed by atoms with Crippen molar-refractivity contribution < 1.29 is 18.7 Å². The van der Waals surface area contributed by atoms with Crippen LogP contribution in [0.25, 0.3) is 5.65 Å². The Morgan fingerprint density at radius 3 is 2.61 bits per heavy atom. The van der Waals surface area contributed by atoms with Crippen LogP contribution in [0, 0.1) is 12.8 Å². The molecule has 7 nitrogen and oxygen atoms in total. The zero-order valence-corrected chi connectivity index (χ0v) is 23.7. The molecule has 1 amide bonds. The van der Waals surface area contributed by atoms with Gasteiger partial charge in [-0.1, -0.05) is 32.1 Å². The highest BCUT2D eigenvalue weighted by Gasteiger charge is 2.25. The topological polar surface area (TPSA) is 82.6 Å². The van der Waals surface area contributed by atoms with Gasteiger partial charge in [0.15, 0.2) is 0 Å². The normalized spacial score (nSPS) is 16.8. The first kappa shape index (κ1) is 31.8. The van der Waals surface area contributed by atoms with Crippen LogP contribution in [0.5, 0.6) is 0 Å². The lowest BCUT2D eigenvalue weighted by atomic mass is 9.87. The molecule has 0 bridgehead atoms. The number of carbonyl (C=O) groups excluding carboxylic acids is 1. The number of rotatable bonds is 8. The van der Waals surface area contributed by atoms with Crippen LogP contribution in [-0.2, 0) is 0 Å². The maximum Gasteiger partial charge on any atom is 0.276 e. The number of aliphatic hydroxyl groups excluding tert-OH is 1. The first-order chi connectivity index (χ1) is 18.2. The number of halogens is 2. The third-order valence-corrected chi connectivity index (χ3v) is 8.03. The van der Waals surface area contributed by atoms with Crippen molar-refractivity contribution >= 4 is 36.8 Å². The number of thioether (sulfide) groups is 1. The van der Waals surface area contributed by atoms with Crippen LogP contribution in [0.2, 0.25) is 0 Å². The van der Waals surface area contributed by atoms with E-state index in [9.17, 15) is 13.6 Å². The fourth-order valence-corrected chi connectivity index (χ4v) is 5.61. The van der Waals surface area contributed by atoms with E-state index in [2.05, 4.69) is 33.3 Å². The number of fused-ring (bicyclic) bond motifs is 1. The predicted octanol–water partition coefficient (Wildman–Crippen LogP) is 6.06. The number of aryl methyl sites for hydroxylation is 1. The molecule has 0 unspecified atom stereocenters. The van der Waals surface area contributed by atoms with E-state index in [-0.39, 0.29) is 11.7 Å². The molecular formula is C28H41F2N5O2S. The van der Waals surface area contributed by atoms with Gasteiger partial charge in [-0.3, -0.25) is 14.7 Å². The number of nitrogens with zero attached hydrogens (tertiary/aromatic N) is 5. The van der Waals surface area contributed by atoms with Crippen LogP contribution < -0.4 is 0 Å². The molecule has 0 saturated heterocycles. The Kier molecular flexibility index (Phi) is 13.3. The highest BCUT2D eigenvalue weighted by molar-refractivity contribution is 8.03. The molecule has 4 rings (SSSR count). The third-order valence-electron chi connectivity index (χ3n) is 6.59. The van der Waals surface area contributed by atoms with E-state index in [1.807, 2.05) is 17.5 Å². The summed E-state index contributed by atoms with van der Waals surface area (Å²) in [6.07, 6.45) is 12.7. The Morgan fingerprint density at radius 2 is 1.97 bits per heavy atom. The number of pyridine rings is 1. The summed E-state index contributed by atoms with van der Waals surface area (Å²) in [5.41, 5.74) is 3.08. The van der Waals surface area contributed by atoms with Gasteiger partial charge in [0.25, 0.3) is 11.8 Å². The van der Waals surface area contributed by atoms with Gasteiger partial charge in [-0.2, -0.15) is 0 Å². The van der Waals surface area contributed by atoms with Crippen molar-refractivity contribution in [3.63, 3.8) is 0 Å². The van der Waals surface area contributed by atoms with Gasteiger partial charge >= 0.3 is 0 Å². The molecule has 1 aliphatic carbocycles. The lowest BCUT2D eigenvalue weighted by Gasteiger charge is -2.31. The fourth-order valence-electron chi connectivity index (χ4n) is 4.66. The second-order valence-corrected chi connectivity index (χ2v) is 10.8. The molecule has 1 N–H and O–H groups in total. The Hall–Kier alpha value is -2.43. The summed E-state index contributed by atoms with van der Waals surface area (Å²) < 4.78 is 27.9. The first-order valence-corrected chi connectivity index (χ1v) is 14.0. The van der Waals surface area contributed by atoms with Crippen LogP contribution in [-0.4, -0.2) is 77.2 Å². The standard InChI is InChI=1S/C17H28F2N2S.C10H9N3O.CH4O/c1-17(18,19)13-22-16-9-11-21(12-15(16)20-2)10-8-14-6-4-3-5-7-14;1-7-6-13-4-3-8(10(14)11-2)5-9(13)12-7;1-2/h14H,2-13H2,1H3;3-6H,2H2,1H3;2H,1H3. The van der Waals surface area contributed by atoms with E-state index >= 15 is 0 Å². The lowest BCUT2D eigenvalue weighted by molar-refractivity contribution is 0.0493. The summed E-state index contributed by atoms with van der Waals surface area (Å²) in [5, 5.41) is 7.00. The van der Waals surface area contributed by atoms with Gasteiger partial charge in [-0.05, 0) is 57.8 Å². The maximum absolute atomic E-state index is 13.0. The molecule has 3 heterocycles. The third kappa shape index (κ3) is 10.4. The maximum atomic E-state index is 13.0. The van der Waals surface area contributed by atoms with Crippen LogP contribution in [0.15, 0.2) is 45.1 Å². The van der Waals surface area contributed by atoms with Crippen molar-refractivity contribution in [2.24, 2.45) is 15.9 Å². The molecule has 2 aliphatic rings. The average molecular weight is 550 g/mol. The lowest BCUT2D eigenvalue weighted by Crippen LogP contribution is -2.33. The van der Waals surface area contributed by atoms with E-state index in [1.54, 1.807) is 18.3 Å². The monoisotopic (exact) mass is 549 g/mol. The predicted molar refractivity (Wildman–Crippen MR) is 154 cm³/mol. The van der Waals surface area contributed by atoms with Gasteiger partial charge in [-0.25, -0.2) is 18.8 Å². The Morgan fingerprint density at radius 1 is 1.26 bits per heavy atom. The quantitative estimate of drug-likeness (QED) is 0.405. The number of carbonyl (C=O) groups is 1. The minimum atomic E-state index is -2.62.